The number of benzene rings is 3. The molecule has 4 rings (SSSR count). The second kappa shape index (κ2) is 8.80. The van der Waals surface area contributed by atoms with E-state index < -0.39 is 12.3 Å². The van der Waals surface area contributed by atoms with Gasteiger partial charge in [0.15, 0.2) is 12.4 Å². The average molecular weight is 462 g/mol. The van der Waals surface area contributed by atoms with Gasteiger partial charge in [-0.3, -0.25) is 9.89 Å². The lowest BCUT2D eigenvalue weighted by atomic mass is 10.0. The number of nitrogens with one attached hydrogen (secondary N) is 2. The summed E-state index contributed by atoms with van der Waals surface area (Å²) in [6.45, 7) is -0.208. The Morgan fingerprint density at radius 1 is 0.969 bits per heavy atom. The number of fused-ring (bicyclic) bond motifs is 1. The van der Waals surface area contributed by atoms with Crippen molar-refractivity contribution in [3.05, 3.63) is 71.8 Å². The van der Waals surface area contributed by atoms with Crippen LogP contribution in [0.25, 0.3) is 22.0 Å². The molecule has 0 radical (unpaired) electrons. The number of carbonyl (C=O) groups is 1. The summed E-state index contributed by atoms with van der Waals surface area (Å²) < 4.78 is 46.2. The molecule has 3 aromatic carbocycles. The number of rotatable bonds is 6. The molecule has 0 saturated carbocycles. The second-order valence-corrected chi connectivity index (χ2v) is 7.13. The first kappa shape index (κ1) is 21.5. The van der Waals surface area contributed by atoms with E-state index in [1.54, 1.807) is 42.5 Å². The Bertz CT molecular complexity index is 1240. The van der Waals surface area contributed by atoms with Gasteiger partial charge in [-0.05, 0) is 59.7 Å². The van der Waals surface area contributed by atoms with Crippen molar-refractivity contribution < 1.29 is 27.4 Å². The van der Waals surface area contributed by atoms with Crippen molar-refractivity contribution in [1.29, 1.82) is 0 Å². The zero-order chi connectivity index (χ0) is 22.7. The van der Waals surface area contributed by atoms with Crippen LogP contribution in [-0.4, -0.2) is 29.1 Å². The first-order valence-electron chi connectivity index (χ1n) is 9.29. The molecule has 0 saturated heterocycles. The number of nitrogens with zero attached hydrogens (tertiary/aromatic N) is 1. The summed E-state index contributed by atoms with van der Waals surface area (Å²) in [7, 11) is 0. The molecule has 0 bridgehead atoms. The summed E-state index contributed by atoms with van der Waals surface area (Å²) in [5, 5.41) is 10.9. The van der Waals surface area contributed by atoms with Gasteiger partial charge in [0.25, 0.3) is 5.91 Å². The zero-order valence-corrected chi connectivity index (χ0v) is 17.0. The average Bonchev–Trinajstić information content (AvgIpc) is 3.15. The highest BCUT2D eigenvalue weighted by Crippen LogP contribution is 2.29. The number of anilines is 1. The summed E-state index contributed by atoms with van der Waals surface area (Å²) in [5.41, 5.74) is 2.09. The van der Waals surface area contributed by atoms with Crippen LogP contribution in [0, 0.1) is 0 Å². The highest BCUT2D eigenvalue weighted by atomic mass is 35.5. The normalized spacial score (nSPS) is 11.4. The van der Waals surface area contributed by atoms with Crippen LogP contribution in [0.3, 0.4) is 0 Å². The molecule has 0 unspecified atom stereocenters. The molecule has 4 aromatic rings. The van der Waals surface area contributed by atoms with Crippen molar-refractivity contribution in [2.24, 2.45) is 0 Å². The van der Waals surface area contributed by atoms with Gasteiger partial charge in [0.05, 0.1) is 5.52 Å². The van der Waals surface area contributed by atoms with E-state index in [1.807, 2.05) is 0 Å². The second-order valence-electron chi connectivity index (χ2n) is 6.70. The Morgan fingerprint density at radius 2 is 1.62 bits per heavy atom. The molecule has 2 N–H and O–H groups in total. The van der Waals surface area contributed by atoms with Crippen LogP contribution in [0.15, 0.2) is 66.7 Å². The molecule has 0 aliphatic carbocycles. The summed E-state index contributed by atoms with van der Waals surface area (Å²) in [6.07, 6.45) is -4.74. The molecule has 0 atom stereocenters. The molecule has 1 heterocycles. The van der Waals surface area contributed by atoms with Gasteiger partial charge in [0, 0.05) is 10.4 Å². The Balaban J connectivity index is 1.43. The van der Waals surface area contributed by atoms with E-state index in [0.717, 1.165) is 5.56 Å². The number of hydrogen-bond acceptors (Lipinski definition) is 4. The SMILES string of the molecule is O=C(COc1ccc(Cl)cc1)Nc1n[nH]c2cc(-c3ccc(OC(F)(F)F)cc3)ccc12. The van der Waals surface area contributed by atoms with Crippen molar-refractivity contribution in [3.8, 4) is 22.6 Å². The standard InChI is InChI=1S/C22H15ClF3N3O3/c23-15-4-8-16(9-5-15)31-12-20(30)27-21-18-10-3-14(11-19(18)28-29-21)13-1-6-17(7-2-13)32-22(24,25)26/h1-11H,12H2,(H2,27,28,29,30). The molecule has 1 amide bonds. The molecule has 10 heteroatoms. The lowest BCUT2D eigenvalue weighted by Crippen LogP contribution is -2.20. The van der Waals surface area contributed by atoms with Crippen molar-refractivity contribution in [2.45, 2.75) is 6.36 Å². The lowest BCUT2D eigenvalue weighted by molar-refractivity contribution is -0.274. The number of amides is 1. The molecule has 32 heavy (non-hydrogen) atoms. The highest BCUT2D eigenvalue weighted by molar-refractivity contribution is 6.30. The maximum Gasteiger partial charge on any atom is 0.573 e. The van der Waals surface area contributed by atoms with Crippen LogP contribution in [0.1, 0.15) is 0 Å². The first-order chi connectivity index (χ1) is 15.3. The summed E-state index contributed by atoms with van der Waals surface area (Å²) in [4.78, 5) is 12.2. The third kappa shape index (κ3) is 5.30. The van der Waals surface area contributed by atoms with Gasteiger partial charge in [-0.25, -0.2) is 0 Å². The van der Waals surface area contributed by atoms with Crippen LogP contribution in [0.2, 0.25) is 5.02 Å². The number of aromatic amines is 1. The smallest absolute Gasteiger partial charge is 0.484 e. The number of alkyl halides is 3. The molecular weight excluding hydrogens is 447 g/mol. The molecular formula is C22H15ClF3N3O3. The topological polar surface area (TPSA) is 76.2 Å². The Hall–Kier alpha value is -3.72. The van der Waals surface area contributed by atoms with Gasteiger partial charge in [0.1, 0.15) is 11.5 Å². The quantitative estimate of drug-likeness (QED) is 0.380. The van der Waals surface area contributed by atoms with E-state index in [9.17, 15) is 18.0 Å². The fourth-order valence-electron chi connectivity index (χ4n) is 2.99. The Morgan fingerprint density at radius 3 is 2.31 bits per heavy atom. The molecule has 164 valence electrons. The number of halogens is 4. The summed E-state index contributed by atoms with van der Waals surface area (Å²) >= 11 is 5.81. The van der Waals surface area contributed by atoms with Crippen molar-refractivity contribution in [1.82, 2.24) is 10.2 Å². The first-order valence-corrected chi connectivity index (χ1v) is 9.67. The van der Waals surface area contributed by atoms with Crippen molar-refractivity contribution >= 4 is 34.2 Å². The number of carbonyl (C=O) groups excluding carboxylic acids is 1. The highest BCUT2D eigenvalue weighted by Gasteiger charge is 2.30. The molecule has 0 aliphatic rings. The summed E-state index contributed by atoms with van der Waals surface area (Å²) in [6, 6.07) is 17.5. The van der Waals surface area contributed by atoms with E-state index in [4.69, 9.17) is 16.3 Å². The molecule has 1 aromatic heterocycles. The van der Waals surface area contributed by atoms with E-state index in [1.165, 1.54) is 24.3 Å². The number of hydrogen-bond donors (Lipinski definition) is 2. The fourth-order valence-corrected chi connectivity index (χ4v) is 3.12. The number of H-pyrrole nitrogens is 1. The maximum absolute atomic E-state index is 12.3. The third-order valence-electron chi connectivity index (χ3n) is 4.43. The van der Waals surface area contributed by atoms with Crippen LogP contribution < -0.4 is 14.8 Å². The largest absolute Gasteiger partial charge is 0.573 e. The van der Waals surface area contributed by atoms with Crippen molar-refractivity contribution in [3.63, 3.8) is 0 Å². The minimum atomic E-state index is -4.74. The third-order valence-corrected chi connectivity index (χ3v) is 4.68. The van der Waals surface area contributed by atoms with E-state index in [2.05, 4.69) is 20.3 Å². The Kier molecular flexibility index (Phi) is 5.91. The molecule has 0 fully saturated rings. The minimum absolute atomic E-state index is 0.208. The van der Waals surface area contributed by atoms with Crippen LogP contribution in [-0.2, 0) is 4.79 Å². The minimum Gasteiger partial charge on any atom is -0.484 e. The zero-order valence-electron chi connectivity index (χ0n) is 16.2. The van der Waals surface area contributed by atoms with Gasteiger partial charge in [-0.15, -0.1) is 13.2 Å². The molecule has 6 nitrogen and oxygen atoms in total. The Labute approximate surface area is 184 Å². The van der Waals surface area contributed by atoms with E-state index in [0.29, 0.717) is 33.1 Å². The van der Waals surface area contributed by atoms with Gasteiger partial charge in [-0.1, -0.05) is 29.8 Å². The van der Waals surface area contributed by atoms with Gasteiger partial charge in [0.2, 0.25) is 0 Å². The van der Waals surface area contributed by atoms with Crippen LogP contribution >= 0.6 is 11.6 Å². The van der Waals surface area contributed by atoms with Crippen LogP contribution in [0.4, 0.5) is 19.0 Å². The summed E-state index contributed by atoms with van der Waals surface area (Å²) in [5.74, 6) is 0.158. The van der Waals surface area contributed by atoms with Gasteiger partial charge < -0.3 is 14.8 Å². The van der Waals surface area contributed by atoms with Crippen molar-refractivity contribution in [2.75, 3.05) is 11.9 Å². The number of ether oxygens (including phenoxy) is 2. The van der Waals surface area contributed by atoms with E-state index in [-0.39, 0.29) is 12.4 Å². The predicted octanol–water partition coefficient (Wildman–Crippen LogP) is 5.80. The van der Waals surface area contributed by atoms with E-state index >= 15 is 0 Å². The lowest BCUT2D eigenvalue weighted by Gasteiger charge is -2.09. The monoisotopic (exact) mass is 461 g/mol. The molecule has 0 aliphatic heterocycles. The fraction of sp³-hybridized carbons (Fsp3) is 0.0909. The van der Waals surface area contributed by atoms with Gasteiger partial charge in [-0.2, -0.15) is 5.10 Å². The predicted molar refractivity (Wildman–Crippen MR) is 114 cm³/mol. The van der Waals surface area contributed by atoms with Gasteiger partial charge >= 0.3 is 6.36 Å². The maximum atomic E-state index is 12.3. The molecule has 0 spiro atoms. The van der Waals surface area contributed by atoms with Crippen LogP contribution in [0.5, 0.6) is 11.5 Å². The number of aromatic nitrogens is 2.